The molecule has 1 N–H and O–H groups in total. The summed E-state index contributed by atoms with van der Waals surface area (Å²) in [6.45, 7) is 4.33. The minimum Gasteiger partial charge on any atom is -0.388 e. The molecule has 0 aromatic heterocycles. The highest BCUT2D eigenvalue weighted by Crippen LogP contribution is 2.25. The maximum Gasteiger partial charge on any atom is 0.0783 e. The first-order chi connectivity index (χ1) is 6.75. The lowest BCUT2D eigenvalue weighted by Gasteiger charge is -2.23. The molecule has 1 aliphatic carbocycles. The number of rotatable bonds is 5. The summed E-state index contributed by atoms with van der Waals surface area (Å²) in [4.78, 5) is 0. The summed E-state index contributed by atoms with van der Waals surface area (Å²) >= 11 is 1.92. The average Bonchev–Trinajstić information content (AvgIpc) is 2.26. The summed E-state index contributed by atoms with van der Waals surface area (Å²) < 4.78 is 0. The van der Waals surface area contributed by atoms with Gasteiger partial charge in [-0.05, 0) is 48.7 Å². The zero-order valence-corrected chi connectivity index (χ0v) is 10.1. The van der Waals surface area contributed by atoms with E-state index in [1.165, 1.54) is 24.8 Å². The normalized spacial score (nSPS) is 21.5. The molecule has 0 saturated carbocycles. The fourth-order valence-electron chi connectivity index (χ4n) is 1.89. The number of thioether (sulfide) groups is 1. The minimum absolute atomic E-state index is 0.186. The van der Waals surface area contributed by atoms with Gasteiger partial charge in [0.2, 0.25) is 0 Å². The number of aliphatic hydroxyl groups is 1. The van der Waals surface area contributed by atoms with Crippen LogP contribution in [0, 0.1) is 5.92 Å². The Bertz CT molecular complexity index is 189. The first-order valence-corrected chi connectivity index (χ1v) is 6.86. The highest BCUT2D eigenvalue weighted by Gasteiger charge is 2.19. The van der Waals surface area contributed by atoms with Crippen LogP contribution in [0.15, 0.2) is 11.6 Å². The van der Waals surface area contributed by atoms with Gasteiger partial charge in [-0.3, -0.25) is 0 Å². The summed E-state index contributed by atoms with van der Waals surface area (Å²) in [5.74, 6) is 2.63. The van der Waals surface area contributed by atoms with Gasteiger partial charge in [0, 0.05) is 0 Å². The molecular weight excluding hydrogens is 192 g/mol. The highest BCUT2D eigenvalue weighted by molar-refractivity contribution is 7.99. The molecule has 0 bridgehead atoms. The maximum absolute atomic E-state index is 10.1. The van der Waals surface area contributed by atoms with Crippen molar-refractivity contribution in [3.8, 4) is 0 Å². The molecule has 0 saturated heterocycles. The molecule has 2 atom stereocenters. The van der Waals surface area contributed by atoms with Crippen LogP contribution in [-0.2, 0) is 0 Å². The van der Waals surface area contributed by atoms with Gasteiger partial charge < -0.3 is 5.11 Å². The number of allylic oxidation sites excluding steroid dienone is 1. The third-order valence-corrected chi connectivity index (χ3v) is 4.00. The topological polar surface area (TPSA) is 20.2 Å². The van der Waals surface area contributed by atoms with Crippen LogP contribution in [0.2, 0.25) is 0 Å². The van der Waals surface area contributed by atoms with Crippen LogP contribution in [0.1, 0.15) is 39.5 Å². The number of aliphatic hydroxyl groups excluding tert-OH is 1. The zero-order valence-electron chi connectivity index (χ0n) is 9.33. The van der Waals surface area contributed by atoms with Crippen LogP contribution in [-0.4, -0.2) is 22.7 Å². The van der Waals surface area contributed by atoms with Gasteiger partial charge in [-0.25, -0.2) is 0 Å². The minimum atomic E-state index is -0.186. The standard InChI is InChI=1S/C12H22OS/c1-3-14-9-10(2)12(13)11-7-5-4-6-8-11/h7,10,12-13H,3-6,8-9H2,1-2H3/t10-,12-/m0/s1. The molecule has 0 amide bonds. The van der Waals surface area contributed by atoms with E-state index in [-0.39, 0.29) is 6.10 Å². The first-order valence-electron chi connectivity index (χ1n) is 5.70. The predicted molar refractivity (Wildman–Crippen MR) is 64.7 cm³/mol. The fourth-order valence-corrected chi connectivity index (χ4v) is 2.68. The lowest BCUT2D eigenvalue weighted by molar-refractivity contribution is 0.156. The molecule has 0 radical (unpaired) electrons. The smallest absolute Gasteiger partial charge is 0.0783 e. The van der Waals surface area contributed by atoms with Crippen LogP contribution < -0.4 is 0 Å². The molecule has 14 heavy (non-hydrogen) atoms. The first kappa shape index (κ1) is 12.1. The Morgan fingerprint density at radius 1 is 1.50 bits per heavy atom. The summed E-state index contributed by atoms with van der Waals surface area (Å²) in [5.41, 5.74) is 1.29. The lowest BCUT2D eigenvalue weighted by Crippen LogP contribution is -2.23. The third kappa shape index (κ3) is 3.66. The van der Waals surface area contributed by atoms with E-state index in [1.807, 2.05) is 11.8 Å². The van der Waals surface area contributed by atoms with Gasteiger partial charge >= 0.3 is 0 Å². The van der Waals surface area contributed by atoms with Gasteiger partial charge in [0.25, 0.3) is 0 Å². The molecule has 0 aliphatic heterocycles. The van der Waals surface area contributed by atoms with E-state index in [9.17, 15) is 5.11 Å². The molecule has 1 aliphatic rings. The van der Waals surface area contributed by atoms with Gasteiger partial charge in [0.1, 0.15) is 0 Å². The Balaban J connectivity index is 2.38. The summed E-state index contributed by atoms with van der Waals surface area (Å²) in [6.07, 6.45) is 6.91. The highest BCUT2D eigenvalue weighted by atomic mass is 32.2. The van der Waals surface area contributed by atoms with Gasteiger partial charge in [0.05, 0.1) is 6.10 Å². The van der Waals surface area contributed by atoms with Crippen LogP contribution in [0.25, 0.3) is 0 Å². The van der Waals surface area contributed by atoms with E-state index < -0.39 is 0 Å². The van der Waals surface area contributed by atoms with E-state index in [2.05, 4.69) is 19.9 Å². The summed E-state index contributed by atoms with van der Waals surface area (Å²) in [5, 5.41) is 10.1. The van der Waals surface area contributed by atoms with Crippen molar-refractivity contribution in [1.82, 2.24) is 0 Å². The molecule has 0 heterocycles. The maximum atomic E-state index is 10.1. The lowest BCUT2D eigenvalue weighted by atomic mass is 9.90. The van der Waals surface area contributed by atoms with Gasteiger partial charge in [-0.1, -0.05) is 19.9 Å². The predicted octanol–water partition coefficient (Wildman–Crippen LogP) is 3.24. The van der Waals surface area contributed by atoms with Crippen molar-refractivity contribution in [2.75, 3.05) is 11.5 Å². The van der Waals surface area contributed by atoms with Crippen LogP contribution in [0.3, 0.4) is 0 Å². The van der Waals surface area contributed by atoms with Crippen LogP contribution in [0.5, 0.6) is 0 Å². The van der Waals surface area contributed by atoms with E-state index in [0.717, 1.165) is 17.9 Å². The molecule has 2 heteroatoms. The molecule has 0 aromatic carbocycles. The number of hydrogen-bond donors (Lipinski definition) is 1. The van der Waals surface area contributed by atoms with E-state index in [0.29, 0.717) is 5.92 Å². The Morgan fingerprint density at radius 3 is 2.86 bits per heavy atom. The van der Waals surface area contributed by atoms with Crippen molar-refractivity contribution in [3.63, 3.8) is 0 Å². The monoisotopic (exact) mass is 214 g/mol. The molecule has 0 unspecified atom stereocenters. The fraction of sp³-hybridized carbons (Fsp3) is 0.833. The van der Waals surface area contributed by atoms with Crippen LogP contribution >= 0.6 is 11.8 Å². The Hall–Kier alpha value is 0.0500. The summed E-state index contributed by atoms with van der Waals surface area (Å²) in [7, 11) is 0. The second-order valence-electron chi connectivity index (χ2n) is 4.11. The van der Waals surface area contributed by atoms with Crippen molar-refractivity contribution in [2.24, 2.45) is 5.92 Å². The van der Waals surface area contributed by atoms with Crippen molar-refractivity contribution in [1.29, 1.82) is 0 Å². The van der Waals surface area contributed by atoms with E-state index in [4.69, 9.17) is 0 Å². The second kappa shape index (κ2) is 6.52. The van der Waals surface area contributed by atoms with E-state index >= 15 is 0 Å². The van der Waals surface area contributed by atoms with Crippen LogP contribution in [0.4, 0.5) is 0 Å². The van der Waals surface area contributed by atoms with Crippen molar-refractivity contribution < 1.29 is 5.11 Å². The molecule has 82 valence electrons. The molecule has 0 fully saturated rings. The second-order valence-corrected chi connectivity index (χ2v) is 5.43. The third-order valence-electron chi connectivity index (χ3n) is 2.83. The molecule has 0 aromatic rings. The van der Waals surface area contributed by atoms with Crippen molar-refractivity contribution >= 4 is 11.8 Å². The molecule has 0 spiro atoms. The Labute approximate surface area is 92.0 Å². The van der Waals surface area contributed by atoms with Gasteiger partial charge in [-0.2, -0.15) is 11.8 Å². The molecule has 1 rings (SSSR count). The largest absolute Gasteiger partial charge is 0.388 e. The average molecular weight is 214 g/mol. The molecular formula is C12H22OS. The quantitative estimate of drug-likeness (QED) is 0.709. The SMILES string of the molecule is CCSC[C@H](C)[C@H](O)C1=CCCCC1. The van der Waals surface area contributed by atoms with Crippen molar-refractivity contribution in [2.45, 2.75) is 45.6 Å². The molecule has 1 nitrogen and oxygen atoms in total. The zero-order chi connectivity index (χ0) is 10.4. The van der Waals surface area contributed by atoms with Gasteiger partial charge in [0.15, 0.2) is 0 Å². The van der Waals surface area contributed by atoms with Gasteiger partial charge in [-0.15, -0.1) is 0 Å². The Kier molecular flexibility index (Phi) is 5.64. The van der Waals surface area contributed by atoms with E-state index in [1.54, 1.807) is 0 Å². The Morgan fingerprint density at radius 2 is 2.29 bits per heavy atom. The summed E-state index contributed by atoms with van der Waals surface area (Å²) in [6, 6.07) is 0. The number of hydrogen-bond acceptors (Lipinski definition) is 2. The van der Waals surface area contributed by atoms with Crippen molar-refractivity contribution in [3.05, 3.63) is 11.6 Å².